The lowest BCUT2D eigenvalue weighted by Crippen LogP contribution is -2.32. The number of amides is 1. The highest BCUT2D eigenvalue weighted by Crippen LogP contribution is 2.14. The Hall–Kier alpha value is -1.59. The van der Waals surface area contributed by atoms with Crippen molar-refractivity contribution in [2.45, 2.75) is 19.4 Å². The lowest BCUT2D eigenvalue weighted by molar-refractivity contribution is -0.145. The highest BCUT2D eigenvalue weighted by atomic mass is 16.5. The highest BCUT2D eigenvalue weighted by Gasteiger charge is 2.32. The van der Waals surface area contributed by atoms with Gasteiger partial charge in [-0.2, -0.15) is 0 Å². The smallest absolute Gasteiger partial charge is 0.325 e. The maximum atomic E-state index is 11.3. The maximum absolute atomic E-state index is 11.3. The van der Waals surface area contributed by atoms with Gasteiger partial charge in [-0.15, -0.1) is 0 Å². The van der Waals surface area contributed by atoms with Gasteiger partial charge in [-0.25, -0.2) is 0 Å². The number of methoxy groups -OCH3 is 1. The van der Waals surface area contributed by atoms with Gasteiger partial charge in [0.1, 0.15) is 12.6 Å². The van der Waals surface area contributed by atoms with E-state index >= 15 is 0 Å². The van der Waals surface area contributed by atoms with E-state index in [9.17, 15) is 14.4 Å². The van der Waals surface area contributed by atoms with Crippen molar-refractivity contribution in [3.8, 4) is 0 Å². The molecule has 0 aromatic carbocycles. The first-order valence-electron chi connectivity index (χ1n) is 4.54. The molecule has 0 unspecified atom stereocenters. The average molecular weight is 215 g/mol. The third-order valence-electron chi connectivity index (χ3n) is 2.06. The summed E-state index contributed by atoms with van der Waals surface area (Å²) in [6.45, 7) is 1.45. The Bertz CT molecular complexity index is 288. The Balaban J connectivity index is 2.45. The minimum Gasteiger partial charge on any atom is -0.468 e. The van der Waals surface area contributed by atoms with Crippen molar-refractivity contribution in [3.63, 3.8) is 0 Å². The van der Waals surface area contributed by atoms with Crippen LogP contribution in [0.4, 0.5) is 0 Å². The molecule has 1 rings (SSSR count). The van der Waals surface area contributed by atoms with Crippen molar-refractivity contribution in [1.29, 1.82) is 0 Å². The predicted octanol–water partition coefficient (Wildman–Crippen LogP) is -0.677. The SMILES string of the molecule is COC(=O)CN1C[C@@H](OC(C)=O)CC1=O. The fraction of sp³-hybridized carbons (Fsp3) is 0.667. The lowest BCUT2D eigenvalue weighted by Gasteiger charge is -2.14. The van der Waals surface area contributed by atoms with Crippen molar-refractivity contribution in [1.82, 2.24) is 4.90 Å². The Morgan fingerprint density at radius 2 is 2.20 bits per heavy atom. The van der Waals surface area contributed by atoms with Crippen LogP contribution >= 0.6 is 0 Å². The van der Waals surface area contributed by atoms with Gasteiger partial charge in [0.25, 0.3) is 0 Å². The van der Waals surface area contributed by atoms with Crippen LogP contribution < -0.4 is 0 Å². The normalized spacial score (nSPS) is 20.3. The minimum atomic E-state index is -0.480. The number of hydrogen-bond acceptors (Lipinski definition) is 5. The van der Waals surface area contributed by atoms with Crippen LogP contribution in [0.25, 0.3) is 0 Å². The third-order valence-corrected chi connectivity index (χ3v) is 2.06. The Kier molecular flexibility index (Phi) is 3.65. The molecule has 1 aliphatic rings. The molecule has 1 saturated heterocycles. The van der Waals surface area contributed by atoms with E-state index in [-0.39, 0.29) is 25.4 Å². The van der Waals surface area contributed by atoms with Crippen molar-refractivity contribution in [3.05, 3.63) is 0 Å². The monoisotopic (exact) mass is 215 g/mol. The molecule has 6 nitrogen and oxygen atoms in total. The number of nitrogens with zero attached hydrogens (tertiary/aromatic N) is 1. The van der Waals surface area contributed by atoms with Gasteiger partial charge in [0.15, 0.2) is 0 Å². The number of rotatable bonds is 3. The summed E-state index contributed by atoms with van der Waals surface area (Å²) >= 11 is 0. The molecule has 6 heteroatoms. The molecule has 1 atom stereocenters. The number of esters is 2. The van der Waals surface area contributed by atoms with Gasteiger partial charge in [-0.05, 0) is 0 Å². The van der Waals surface area contributed by atoms with E-state index in [2.05, 4.69) is 4.74 Å². The molecule has 0 aromatic heterocycles. The van der Waals surface area contributed by atoms with E-state index in [4.69, 9.17) is 4.74 Å². The van der Waals surface area contributed by atoms with Crippen LogP contribution in [0.3, 0.4) is 0 Å². The number of carbonyl (C=O) groups is 3. The van der Waals surface area contributed by atoms with E-state index in [1.165, 1.54) is 18.9 Å². The third kappa shape index (κ3) is 3.23. The van der Waals surface area contributed by atoms with E-state index in [0.717, 1.165) is 0 Å². The first-order valence-corrected chi connectivity index (χ1v) is 4.54. The van der Waals surface area contributed by atoms with Crippen molar-refractivity contribution >= 4 is 17.8 Å². The van der Waals surface area contributed by atoms with Crippen molar-refractivity contribution < 1.29 is 23.9 Å². The Morgan fingerprint density at radius 3 is 2.73 bits per heavy atom. The molecular formula is C9H13NO5. The van der Waals surface area contributed by atoms with Gasteiger partial charge >= 0.3 is 11.9 Å². The van der Waals surface area contributed by atoms with Gasteiger partial charge in [-0.1, -0.05) is 0 Å². The molecule has 0 aliphatic carbocycles. The molecule has 15 heavy (non-hydrogen) atoms. The number of hydrogen-bond donors (Lipinski definition) is 0. The highest BCUT2D eigenvalue weighted by molar-refractivity contribution is 5.84. The molecule has 0 aromatic rings. The Labute approximate surface area is 87.1 Å². The summed E-state index contributed by atoms with van der Waals surface area (Å²) < 4.78 is 9.31. The van der Waals surface area contributed by atoms with Crippen molar-refractivity contribution in [2.75, 3.05) is 20.2 Å². The maximum Gasteiger partial charge on any atom is 0.325 e. The molecule has 84 valence electrons. The second-order valence-electron chi connectivity index (χ2n) is 3.29. The van der Waals surface area contributed by atoms with Gasteiger partial charge in [-0.3, -0.25) is 14.4 Å². The molecule has 0 N–H and O–H groups in total. The van der Waals surface area contributed by atoms with E-state index in [0.29, 0.717) is 0 Å². The first-order chi connectivity index (χ1) is 7.02. The topological polar surface area (TPSA) is 72.9 Å². The second kappa shape index (κ2) is 4.77. The molecule has 1 aliphatic heterocycles. The van der Waals surface area contributed by atoms with Crippen LogP contribution in [-0.4, -0.2) is 49.0 Å². The summed E-state index contributed by atoms with van der Waals surface area (Å²) in [6, 6.07) is 0. The standard InChI is InChI=1S/C9H13NO5/c1-6(11)15-7-3-8(12)10(4-7)5-9(13)14-2/h7H,3-5H2,1-2H3/t7-/m0/s1. The summed E-state index contributed by atoms with van der Waals surface area (Å²) in [6.07, 6.45) is -0.309. The quantitative estimate of drug-likeness (QED) is 0.583. The fourth-order valence-electron chi connectivity index (χ4n) is 1.42. The zero-order valence-corrected chi connectivity index (χ0v) is 8.69. The number of ether oxygens (including phenoxy) is 2. The van der Waals surface area contributed by atoms with Gasteiger partial charge < -0.3 is 14.4 Å². The lowest BCUT2D eigenvalue weighted by atomic mass is 10.3. The molecule has 0 spiro atoms. The van der Waals surface area contributed by atoms with Crippen LogP contribution in [0.1, 0.15) is 13.3 Å². The summed E-state index contributed by atoms with van der Waals surface area (Å²) in [5, 5.41) is 0. The van der Waals surface area contributed by atoms with Crippen molar-refractivity contribution in [2.24, 2.45) is 0 Å². The average Bonchev–Trinajstić information content (AvgIpc) is 2.45. The van der Waals surface area contributed by atoms with Crippen LogP contribution in [0.2, 0.25) is 0 Å². The van der Waals surface area contributed by atoms with Gasteiger partial charge in [0, 0.05) is 6.92 Å². The summed E-state index contributed by atoms with van der Waals surface area (Å²) in [4.78, 5) is 34.2. The van der Waals surface area contributed by atoms with Crippen LogP contribution in [0.5, 0.6) is 0 Å². The molecule has 0 radical (unpaired) electrons. The minimum absolute atomic E-state index is 0.0902. The summed E-state index contributed by atoms with van der Waals surface area (Å²) in [5.41, 5.74) is 0. The van der Waals surface area contributed by atoms with E-state index < -0.39 is 18.0 Å². The van der Waals surface area contributed by atoms with E-state index in [1.54, 1.807) is 0 Å². The van der Waals surface area contributed by atoms with Crippen LogP contribution in [0.15, 0.2) is 0 Å². The van der Waals surface area contributed by atoms with Crippen LogP contribution in [0, 0.1) is 0 Å². The van der Waals surface area contributed by atoms with E-state index in [1.807, 2.05) is 0 Å². The molecule has 1 heterocycles. The Morgan fingerprint density at radius 1 is 1.53 bits per heavy atom. The first kappa shape index (κ1) is 11.5. The van der Waals surface area contributed by atoms with Gasteiger partial charge in [0.05, 0.1) is 20.1 Å². The molecule has 1 fully saturated rings. The zero-order valence-electron chi connectivity index (χ0n) is 8.69. The van der Waals surface area contributed by atoms with Gasteiger partial charge in [0.2, 0.25) is 5.91 Å². The molecule has 0 saturated carbocycles. The number of carbonyl (C=O) groups excluding carboxylic acids is 3. The summed E-state index contributed by atoms with van der Waals surface area (Å²) in [5.74, 6) is -1.11. The predicted molar refractivity (Wildman–Crippen MR) is 48.8 cm³/mol. The number of likely N-dealkylation sites (tertiary alicyclic amines) is 1. The summed E-state index contributed by atoms with van der Waals surface area (Å²) in [7, 11) is 1.26. The van der Waals surface area contributed by atoms with Crippen LogP contribution in [-0.2, 0) is 23.9 Å². The fourth-order valence-corrected chi connectivity index (χ4v) is 1.42. The molecule has 0 bridgehead atoms. The zero-order chi connectivity index (χ0) is 11.4. The molecular weight excluding hydrogens is 202 g/mol. The molecule has 1 amide bonds. The largest absolute Gasteiger partial charge is 0.468 e. The second-order valence-corrected chi connectivity index (χ2v) is 3.29.